The fourth-order valence-electron chi connectivity index (χ4n) is 2.42. The van der Waals surface area contributed by atoms with Crippen molar-refractivity contribution in [3.8, 4) is 0 Å². The summed E-state index contributed by atoms with van der Waals surface area (Å²) in [7, 11) is 0. The lowest BCUT2D eigenvalue weighted by Gasteiger charge is -2.25. The summed E-state index contributed by atoms with van der Waals surface area (Å²) < 4.78 is 13.6. The summed E-state index contributed by atoms with van der Waals surface area (Å²) in [6.07, 6.45) is 4.53. The molecule has 100 valence electrons. The van der Waals surface area contributed by atoms with Gasteiger partial charge in [-0.05, 0) is 44.2 Å². The van der Waals surface area contributed by atoms with E-state index in [1.54, 1.807) is 18.2 Å². The molecule has 1 aromatic carbocycles. The lowest BCUT2D eigenvalue weighted by Crippen LogP contribution is -2.26. The number of halogens is 3. The van der Waals surface area contributed by atoms with Gasteiger partial charge in [-0.15, -0.1) is 11.6 Å². The minimum atomic E-state index is -0.309. The van der Waals surface area contributed by atoms with Crippen molar-refractivity contribution in [2.24, 2.45) is 5.92 Å². The molecule has 0 aromatic heterocycles. The highest BCUT2D eigenvalue weighted by Gasteiger charge is 2.19. The van der Waals surface area contributed by atoms with Crippen molar-refractivity contribution in [1.82, 2.24) is 5.32 Å². The first-order valence-corrected chi connectivity index (χ1v) is 7.26. The van der Waals surface area contributed by atoms with Crippen molar-refractivity contribution in [2.75, 3.05) is 6.54 Å². The zero-order valence-electron chi connectivity index (χ0n) is 10.3. The molecule has 4 heteroatoms. The molecule has 1 aliphatic carbocycles. The zero-order valence-corrected chi connectivity index (χ0v) is 11.8. The standard InChI is InChI=1S/C14H18Cl2FN/c15-12-6-4-10(5-7-12)8-18-9-11-2-1-3-13(16)14(11)17/h1-3,10,12,18H,4-9H2. The molecule has 0 aliphatic heterocycles. The molecule has 1 nitrogen and oxygen atoms in total. The molecule has 1 N–H and O–H groups in total. The molecule has 2 rings (SSSR count). The molecular weight excluding hydrogens is 272 g/mol. The Bertz CT molecular complexity index is 389. The van der Waals surface area contributed by atoms with Gasteiger partial charge in [-0.3, -0.25) is 0 Å². The van der Waals surface area contributed by atoms with Gasteiger partial charge >= 0.3 is 0 Å². The molecule has 0 bridgehead atoms. The maximum absolute atomic E-state index is 13.6. The lowest BCUT2D eigenvalue weighted by atomic mass is 9.89. The normalized spacial score (nSPS) is 24.2. The van der Waals surface area contributed by atoms with Crippen molar-refractivity contribution in [1.29, 1.82) is 0 Å². The van der Waals surface area contributed by atoms with E-state index < -0.39 is 0 Å². The highest BCUT2D eigenvalue weighted by molar-refractivity contribution is 6.30. The Morgan fingerprint density at radius 2 is 1.94 bits per heavy atom. The highest BCUT2D eigenvalue weighted by Crippen LogP contribution is 2.27. The highest BCUT2D eigenvalue weighted by atomic mass is 35.5. The van der Waals surface area contributed by atoms with Crippen LogP contribution in [0.2, 0.25) is 5.02 Å². The van der Waals surface area contributed by atoms with Crippen LogP contribution in [-0.2, 0) is 6.54 Å². The van der Waals surface area contributed by atoms with Crippen molar-refractivity contribution >= 4 is 23.2 Å². The van der Waals surface area contributed by atoms with E-state index in [2.05, 4.69) is 5.32 Å². The van der Waals surface area contributed by atoms with E-state index in [0.29, 0.717) is 23.4 Å². The van der Waals surface area contributed by atoms with Crippen molar-refractivity contribution in [2.45, 2.75) is 37.6 Å². The van der Waals surface area contributed by atoms with E-state index in [-0.39, 0.29) is 10.8 Å². The Balaban J connectivity index is 1.77. The van der Waals surface area contributed by atoms with Crippen molar-refractivity contribution in [3.05, 3.63) is 34.6 Å². The van der Waals surface area contributed by atoms with Gasteiger partial charge in [0.05, 0.1) is 5.02 Å². The summed E-state index contributed by atoms with van der Waals surface area (Å²) in [6.45, 7) is 1.46. The predicted octanol–water partition coefficient (Wildman–Crippen LogP) is 4.37. The van der Waals surface area contributed by atoms with Crippen LogP contribution in [0, 0.1) is 11.7 Å². The molecule has 1 aliphatic rings. The predicted molar refractivity (Wildman–Crippen MR) is 74.7 cm³/mol. The number of nitrogens with one attached hydrogen (secondary N) is 1. The first-order chi connectivity index (χ1) is 8.66. The molecule has 0 heterocycles. The van der Waals surface area contributed by atoms with Crippen LogP contribution in [0.25, 0.3) is 0 Å². The average molecular weight is 290 g/mol. The monoisotopic (exact) mass is 289 g/mol. The van der Waals surface area contributed by atoms with E-state index in [4.69, 9.17) is 23.2 Å². The van der Waals surface area contributed by atoms with Crippen molar-refractivity contribution < 1.29 is 4.39 Å². The molecule has 0 amide bonds. The molecular formula is C14H18Cl2FN. The fraction of sp³-hybridized carbons (Fsp3) is 0.571. The van der Waals surface area contributed by atoms with Gasteiger partial charge in [0.15, 0.2) is 0 Å². The molecule has 1 aromatic rings. The molecule has 0 unspecified atom stereocenters. The van der Waals surface area contributed by atoms with Gasteiger partial charge in [0, 0.05) is 17.5 Å². The second kappa shape index (κ2) is 6.74. The van der Waals surface area contributed by atoms with Gasteiger partial charge in [0.2, 0.25) is 0 Å². The molecule has 1 saturated carbocycles. The maximum atomic E-state index is 13.6. The third-order valence-corrected chi connectivity index (χ3v) is 4.28. The second-order valence-corrected chi connectivity index (χ2v) is 5.99. The van der Waals surface area contributed by atoms with Gasteiger partial charge in [0.25, 0.3) is 0 Å². The van der Waals surface area contributed by atoms with Crippen LogP contribution in [0.1, 0.15) is 31.2 Å². The zero-order chi connectivity index (χ0) is 13.0. The lowest BCUT2D eigenvalue weighted by molar-refractivity contribution is 0.345. The quantitative estimate of drug-likeness (QED) is 0.812. The Kier molecular flexibility index (Phi) is 5.28. The maximum Gasteiger partial charge on any atom is 0.146 e. The minimum absolute atomic E-state index is 0.192. The van der Waals surface area contributed by atoms with Crippen LogP contribution in [0.4, 0.5) is 4.39 Å². The third-order valence-electron chi connectivity index (χ3n) is 3.56. The third kappa shape index (κ3) is 3.84. The Morgan fingerprint density at radius 1 is 1.22 bits per heavy atom. The molecule has 0 atom stereocenters. The molecule has 1 fully saturated rings. The van der Waals surface area contributed by atoms with E-state index >= 15 is 0 Å². The first-order valence-electron chi connectivity index (χ1n) is 6.44. The van der Waals surface area contributed by atoms with Gasteiger partial charge in [-0.2, -0.15) is 0 Å². The van der Waals surface area contributed by atoms with Crippen LogP contribution in [0.15, 0.2) is 18.2 Å². The largest absolute Gasteiger partial charge is 0.312 e. The van der Waals surface area contributed by atoms with Crippen LogP contribution in [0.5, 0.6) is 0 Å². The average Bonchev–Trinajstić information content (AvgIpc) is 2.37. The molecule has 18 heavy (non-hydrogen) atoms. The molecule has 0 spiro atoms. The van der Waals surface area contributed by atoms with Crippen LogP contribution < -0.4 is 5.32 Å². The Labute approximate surface area is 118 Å². The number of hydrogen-bond acceptors (Lipinski definition) is 1. The SMILES string of the molecule is Fc1c(Cl)cccc1CNCC1CCC(Cl)CC1. The second-order valence-electron chi connectivity index (χ2n) is 4.96. The summed E-state index contributed by atoms with van der Waals surface area (Å²) in [5.41, 5.74) is 0.633. The van der Waals surface area contributed by atoms with Crippen LogP contribution in [-0.4, -0.2) is 11.9 Å². The number of benzene rings is 1. The Morgan fingerprint density at radius 3 is 2.67 bits per heavy atom. The van der Waals surface area contributed by atoms with Crippen molar-refractivity contribution in [3.63, 3.8) is 0 Å². The van der Waals surface area contributed by atoms with Gasteiger partial charge < -0.3 is 5.32 Å². The number of hydrogen-bond donors (Lipinski definition) is 1. The van der Waals surface area contributed by atoms with Crippen LogP contribution in [0.3, 0.4) is 0 Å². The fourth-order valence-corrected chi connectivity index (χ4v) is 2.87. The van der Waals surface area contributed by atoms with Gasteiger partial charge in [0.1, 0.15) is 5.82 Å². The van der Waals surface area contributed by atoms with Crippen LogP contribution >= 0.6 is 23.2 Å². The van der Waals surface area contributed by atoms with Gasteiger partial charge in [-0.25, -0.2) is 4.39 Å². The summed E-state index contributed by atoms with van der Waals surface area (Å²) in [5, 5.41) is 3.86. The summed E-state index contributed by atoms with van der Waals surface area (Å²) >= 11 is 11.8. The first kappa shape index (κ1) is 14.1. The number of rotatable bonds is 4. The summed E-state index contributed by atoms with van der Waals surface area (Å²) in [4.78, 5) is 0. The Hall–Kier alpha value is -0.310. The molecule has 0 saturated heterocycles. The van der Waals surface area contributed by atoms with E-state index in [1.807, 2.05) is 0 Å². The van der Waals surface area contributed by atoms with E-state index in [9.17, 15) is 4.39 Å². The summed E-state index contributed by atoms with van der Waals surface area (Å²) in [6, 6.07) is 5.12. The summed E-state index contributed by atoms with van der Waals surface area (Å²) in [5.74, 6) is 0.360. The number of alkyl halides is 1. The van der Waals surface area contributed by atoms with E-state index in [1.165, 1.54) is 12.8 Å². The van der Waals surface area contributed by atoms with Gasteiger partial charge in [-0.1, -0.05) is 23.7 Å². The smallest absolute Gasteiger partial charge is 0.146 e. The topological polar surface area (TPSA) is 12.0 Å². The minimum Gasteiger partial charge on any atom is -0.312 e. The molecule has 0 radical (unpaired) electrons. The van der Waals surface area contributed by atoms with E-state index in [0.717, 1.165) is 19.4 Å².